The van der Waals surface area contributed by atoms with Gasteiger partial charge in [0, 0.05) is 32.0 Å². The molecule has 0 atom stereocenters. The second-order valence-corrected chi connectivity index (χ2v) is 5.10. The van der Waals surface area contributed by atoms with E-state index in [1.165, 1.54) is 0 Å². The third-order valence-corrected chi connectivity index (χ3v) is 3.36. The van der Waals surface area contributed by atoms with Crippen LogP contribution in [-0.4, -0.2) is 50.6 Å². The number of nitrogens with one attached hydrogen (secondary N) is 2. The molecule has 2 N–H and O–H groups in total. The molecule has 0 aliphatic rings. The van der Waals surface area contributed by atoms with Crippen molar-refractivity contribution in [3.8, 4) is 11.5 Å². The molecule has 0 saturated heterocycles. The lowest BCUT2D eigenvalue weighted by Crippen LogP contribution is -2.26. The van der Waals surface area contributed by atoms with Crippen LogP contribution >= 0.6 is 0 Å². The summed E-state index contributed by atoms with van der Waals surface area (Å²) in [5.41, 5.74) is 1.03. The molecule has 0 bridgehead atoms. The Morgan fingerprint density at radius 1 is 1.04 bits per heavy atom. The van der Waals surface area contributed by atoms with Crippen LogP contribution in [0.1, 0.15) is 16.9 Å². The van der Waals surface area contributed by atoms with Gasteiger partial charge in [0.05, 0.1) is 14.2 Å². The van der Waals surface area contributed by atoms with Crippen LogP contribution in [0.3, 0.4) is 0 Å². The Kier molecular flexibility index (Phi) is 6.97. The summed E-state index contributed by atoms with van der Waals surface area (Å²) < 4.78 is 15.4. The molecule has 2 aromatic rings. The lowest BCUT2D eigenvalue weighted by molar-refractivity contribution is 0.0942. The average molecular weight is 346 g/mol. The minimum atomic E-state index is -0.263. The monoisotopic (exact) mass is 346 g/mol. The number of carbonyl (C=O) groups excluding carboxylic acids is 1. The van der Waals surface area contributed by atoms with Crippen molar-refractivity contribution in [3.63, 3.8) is 0 Å². The van der Waals surface area contributed by atoms with Crippen molar-refractivity contribution in [1.29, 1.82) is 0 Å². The van der Waals surface area contributed by atoms with Crippen LogP contribution in [0.25, 0.3) is 0 Å². The Morgan fingerprint density at radius 3 is 2.48 bits per heavy atom. The van der Waals surface area contributed by atoms with Gasteiger partial charge in [-0.25, -0.2) is 0 Å². The van der Waals surface area contributed by atoms with E-state index in [-0.39, 0.29) is 11.6 Å². The Labute approximate surface area is 146 Å². The zero-order chi connectivity index (χ0) is 18.1. The molecule has 0 fully saturated rings. The topological polar surface area (TPSA) is 94.6 Å². The maximum atomic E-state index is 11.9. The Hall–Kier alpha value is -2.87. The predicted molar refractivity (Wildman–Crippen MR) is 93.7 cm³/mol. The molecule has 8 nitrogen and oxygen atoms in total. The minimum Gasteiger partial charge on any atom is -0.493 e. The molecule has 8 heteroatoms. The summed E-state index contributed by atoms with van der Waals surface area (Å²) in [5, 5.41) is 13.8. The Bertz CT molecular complexity index is 692. The Balaban J connectivity index is 1.97. The lowest BCUT2D eigenvalue weighted by atomic mass is 10.2. The first-order chi connectivity index (χ1) is 12.2. The van der Waals surface area contributed by atoms with Gasteiger partial charge in [0.25, 0.3) is 5.91 Å². The molecule has 1 heterocycles. The van der Waals surface area contributed by atoms with E-state index >= 15 is 0 Å². The van der Waals surface area contributed by atoms with Gasteiger partial charge in [0.15, 0.2) is 23.0 Å². The third kappa shape index (κ3) is 5.32. The van der Waals surface area contributed by atoms with E-state index in [0.29, 0.717) is 30.5 Å². The van der Waals surface area contributed by atoms with E-state index < -0.39 is 0 Å². The summed E-state index contributed by atoms with van der Waals surface area (Å²) in [4.78, 5) is 11.9. The van der Waals surface area contributed by atoms with Gasteiger partial charge in [-0.1, -0.05) is 0 Å². The van der Waals surface area contributed by atoms with Crippen LogP contribution in [0.5, 0.6) is 11.5 Å². The number of rotatable bonds is 9. The van der Waals surface area contributed by atoms with Gasteiger partial charge < -0.3 is 24.8 Å². The molecular formula is C17H22N4O4. The maximum Gasteiger partial charge on any atom is 0.271 e. The highest BCUT2D eigenvalue weighted by atomic mass is 16.5. The standard InChI is InChI=1S/C17H22N4O4/c1-23-10-4-9-18-17(22)13-6-8-16(21-20-13)19-12-5-7-14(24-2)15(11-12)25-3/h5-8,11H,4,9-10H2,1-3H3,(H,18,22)(H,19,21). The molecule has 1 amide bonds. The normalized spacial score (nSPS) is 10.2. The van der Waals surface area contributed by atoms with E-state index in [9.17, 15) is 4.79 Å². The number of anilines is 2. The van der Waals surface area contributed by atoms with E-state index in [4.69, 9.17) is 14.2 Å². The zero-order valence-corrected chi connectivity index (χ0v) is 14.5. The summed E-state index contributed by atoms with van der Waals surface area (Å²) in [7, 11) is 4.77. The first-order valence-corrected chi connectivity index (χ1v) is 7.78. The molecule has 0 aliphatic heterocycles. The predicted octanol–water partition coefficient (Wildman–Crippen LogP) is 2.00. The number of aromatic nitrogens is 2. The fourth-order valence-electron chi connectivity index (χ4n) is 2.09. The number of carbonyl (C=O) groups is 1. The van der Waals surface area contributed by atoms with E-state index in [2.05, 4.69) is 20.8 Å². The van der Waals surface area contributed by atoms with Crippen molar-refractivity contribution < 1.29 is 19.0 Å². The van der Waals surface area contributed by atoms with Crippen molar-refractivity contribution in [2.45, 2.75) is 6.42 Å². The minimum absolute atomic E-state index is 0.260. The SMILES string of the molecule is COCCCNC(=O)c1ccc(Nc2ccc(OC)c(OC)c2)nn1. The van der Waals surface area contributed by atoms with Crippen molar-refractivity contribution in [1.82, 2.24) is 15.5 Å². The Morgan fingerprint density at radius 2 is 1.84 bits per heavy atom. The van der Waals surface area contributed by atoms with Crippen molar-refractivity contribution in [2.75, 3.05) is 39.8 Å². The number of benzene rings is 1. The van der Waals surface area contributed by atoms with Crippen LogP contribution in [0.15, 0.2) is 30.3 Å². The molecule has 1 aromatic carbocycles. The first kappa shape index (κ1) is 18.5. The summed E-state index contributed by atoms with van der Waals surface area (Å²) in [6.07, 6.45) is 0.745. The highest BCUT2D eigenvalue weighted by Gasteiger charge is 2.09. The molecule has 0 radical (unpaired) electrons. The molecule has 0 spiro atoms. The summed E-state index contributed by atoms with van der Waals surface area (Å²) in [6, 6.07) is 8.71. The van der Waals surface area contributed by atoms with Gasteiger partial charge in [-0.3, -0.25) is 4.79 Å². The van der Waals surface area contributed by atoms with Gasteiger partial charge in [0.1, 0.15) is 0 Å². The number of hydrogen-bond donors (Lipinski definition) is 2. The number of nitrogens with zero attached hydrogens (tertiary/aromatic N) is 2. The summed E-state index contributed by atoms with van der Waals surface area (Å²) in [6.45, 7) is 1.13. The molecule has 0 saturated carbocycles. The van der Waals surface area contributed by atoms with Crippen LogP contribution in [0, 0.1) is 0 Å². The fraction of sp³-hybridized carbons (Fsp3) is 0.353. The molecule has 134 valence electrons. The molecule has 1 aromatic heterocycles. The number of methoxy groups -OCH3 is 3. The summed E-state index contributed by atoms with van der Waals surface area (Å²) >= 11 is 0. The molecule has 0 unspecified atom stereocenters. The maximum absolute atomic E-state index is 11.9. The highest BCUT2D eigenvalue weighted by Crippen LogP contribution is 2.30. The third-order valence-electron chi connectivity index (χ3n) is 3.36. The van der Waals surface area contributed by atoms with Gasteiger partial charge in [0.2, 0.25) is 0 Å². The highest BCUT2D eigenvalue weighted by molar-refractivity contribution is 5.92. The molecular weight excluding hydrogens is 324 g/mol. The largest absolute Gasteiger partial charge is 0.493 e. The zero-order valence-electron chi connectivity index (χ0n) is 14.5. The van der Waals surface area contributed by atoms with Gasteiger partial charge >= 0.3 is 0 Å². The van der Waals surface area contributed by atoms with E-state index in [0.717, 1.165) is 12.1 Å². The number of ether oxygens (including phenoxy) is 3. The van der Waals surface area contributed by atoms with Crippen molar-refractivity contribution in [2.24, 2.45) is 0 Å². The second-order valence-electron chi connectivity index (χ2n) is 5.10. The lowest BCUT2D eigenvalue weighted by Gasteiger charge is -2.10. The van der Waals surface area contributed by atoms with E-state index in [1.54, 1.807) is 45.6 Å². The molecule has 0 aliphatic carbocycles. The van der Waals surface area contributed by atoms with Gasteiger partial charge in [-0.2, -0.15) is 0 Å². The van der Waals surface area contributed by atoms with Crippen LogP contribution in [0.2, 0.25) is 0 Å². The quantitative estimate of drug-likeness (QED) is 0.671. The van der Waals surface area contributed by atoms with Crippen molar-refractivity contribution >= 4 is 17.4 Å². The molecule has 2 rings (SSSR count). The molecule has 25 heavy (non-hydrogen) atoms. The van der Waals surface area contributed by atoms with E-state index in [1.807, 2.05) is 6.07 Å². The van der Waals surface area contributed by atoms with Crippen LogP contribution in [-0.2, 0) is 4.74 Å². The second kappa shape index (κ2) is 9.43. The smallest absolute Gasteiger partial charge is 0.271 e. The van der Waals surface area contributed by atoms with Crippen molar-refractivity contribution in [3.05, 3.63) is 36.0 Å². The van der Waals surface area contributed by atoms with Gasteiger partial charge in [-0.05, 0) is 30.7 Å². The first-order valence-electron chi connectivity index (χ1n) is 7.78. The number of hydrogen-bond acceptors (Lipinski definition) is 7. The fourth-order valence-corrected chi connectivity index (χ4v) is 2.09. The summed E-state index contributed by atoms with van der Waals surface area (Å²) in [5.74, 6) is 1.50. The van der Waals surface area contributed by atoms with Crippen LogP contribution in [0.4, 0.5) is 11.5 Å². The average Bonchev–Trinajstić information content (AvgIpc) is 2.65. The van der Waals surface area contributed by atoms with Gasteiger partial charge in [-0.15, -0.1) is 10.2 Å². The number of amides is 1. The van der Waals surface area contributed by atoms with Crippen LogP contribution < -0.4 is 20.1 Å².